The molecule has 1 aromatic rings. The number of rotatable bonds is 3. The SMILES string of the molecule is CC(C)(C)n1nnc(COS(N)(=O)=O)n1. The van der Waals surface area contributed by atoms with Crippen molar-refractivity contribution < 1.29 is 12.6 Å². The predicted octanol–water partition coefficient (Wildman–Crippen LogP) is -0.852. The largest absolute Gasteiger partial charge is 0.333 e. The van der Waals surface area contributed by atoms with Crippen LogP contribution in [0.15, 0.2) is 0 Å². The summed E-state index contributed by atoms with van der Waals surface area (Å²) < 4.78 is 25.3. The summed E-state index contributed by atoms with van der Waals surface area (Å²) in [7, 11) is -3.97. The Morgan fingerprint density at radius 2 is 2.07 bits per heavy atom. The van der Waals surface area contributed by atoms with Crippen molar-refractivity contribution in [1.29, 1.82) is 0 Å². The molecule has 0 radical (unpaired) electrons. The maximum atomic E-state index is 10.5. The average Bonchev–Trinajstić information content (AvgIpc) is 2.45. The van der Waals surface area contributed by atoms with Gasteiger partial charge in [-0.25, -0.2) is 9.32 Å². The van der Waals surface area contributed by atoms with Gasteiger partial charge in [0.2, 0.25) is 5.82 Å². The molecular weight excluding hydrogens is 222 g/mol. The van der Waals surface area contributed by atoms with E-state index < -0.39 is 10.3 Å². The number of tetrazole rings is 1. The third kappa shape index (κ3) is 3.90. The second-order valence-electron chi connectivity index (χ2n) is 3.92. The molecule has 1 heterocycles. The minimum Gasteiger partial charge on any atom is -0.250 e. The first-order chi connectivity index (χ1) is 6.68. The Morgan fingerprint density at radius 1 is 1.47 bits per heavy atom. The fourth-order valence-corrected chi connectivity index (χ4v) is 0.990. The van der Waals surface area contributed by atoms with Crippen LogP contribution in [0, 0.1) is 0 Å². The molecule has 9 heteroatoms. The number of nitrogens with two attached hydrogens (primary N) is 1. The number of aromatic nitrogens is 4. The summed E-state index contributed by atoms with van der Waals surface area (Å²) in [5, 5.41) is 15.9. The highest BCUT2D eigenvalue weighted by Gasteiger charge is 2.17. The summed E-state index contributed by atoms with van der Waals surface area (Å²) in [6.45, 7) is 5.35. The monoisotopic (exact) mass is 235 g/mol. The Balaban J connectivity index is 2.70. The maximum absolute atomic E-state index is 10.5. The lowest BCUT2D eigenvalue weighted by atomic mass is 10.1. The van der Waals surface area contributed by atoms with E-state index in [2.05, 4.69) is 24.7 Å². The lowest BCUT2D eigenvalue weighted by molar-refractivity contribution is 0.287. The highest BCUT2D eigenvalue weighted by Crippen LogP contribution is 2.09. The van der Waals surface area contributed by atoms with Gasteiger partial charge in [-0.05, 0) is 26.0 Å². The number of hydrogen-bond donors (Lipinski definition) is 1. The lowest BCUT2D eigenvalue weighted by Crippen LogP contribution is -2.24. The van der Waals surface area contributed by atoms with Crippen LogP contribution in [0.4, 0.5) is 0 Å². The third-order valence-corrected chi connectivity index (χ3v) is 1.85. The van der Waals surface area contributed by atoms with E-state index in [1.54, 1.807) is 0 Å². The first-order valence-electron chi connectivity index (χ1n) is 4.15. The Hall–Kier alpha value is -1.06. The van der Waals surface area contributed by atoms with E-state index in [1.165, 1.54) is 4.80 Å². The summed E-state index contributed by atoms with van der Waals surface area (Å²) in [4.78, 5) is 1.37. The van der Waals surface area contributed by atoms with Crippen molar-refractivity contribution in [2.45, 2.75) is 32.9 Å². The summed E-state index contributed by atoms with van der Waals surface area (Å²) in [6, 6.07) is 0. The van der Waals surface area contributed by atoms with Gasteiger partial charge in [-0.15, -0.1) is 10.2 Å². The van der Waals surface area contributed by atoms with Crippen LogP contribution in [0.25, 0.3) is 0 Å². The van der Waals surface area contributed by atoms with Crippen molar-refractivity contribution in [1.82, 2.24) is 20.2 Å². The Labute approximate surface area is 87.7 Å². The van der Waals surface area contributed by atoms with Crippen LogP contribution in [-0.2, 0) is 26.6 Å². The molecule has 86 valence electrons. The molecule has 0 saturated heterocycles. The second kappa shape index (κ2) is 3.83. The standard InChI is InChI=1S/C6H13N5O3S/c1-6(2,3)11-9-5(8-10-11)4-14-15(7,12)13/h4H2,1-3H3,(H2,7,12,13). The van der Waals surface area contributed by atoms with Crippen molar-refractivity contribution >= 4 is 10.3 Å². The zero-order valence-electron chi connectivity index (χ0n) is 8.71. The Morgan fingerprint density at radius 3 is 2.47 bits per heavy atom. The topological polar surface area (TPSA) is 113 Å². The summed E-state index contributed by atoms with van der Waals surface area (Å²) in [5.41, 5.74) is -0.313. The Kier molecular flexibility index (Phi) is 3.07. The normalized spacial score (nSPS) is 13.1. The van der Waals surface area contributed by atoms with E-state index in [0.717, 1.165) is 0 Å². The van der Waals surface area contributed by atoms with Gasteiger partial charge in [-0.2, -0.15) is 13.2 Å². The van der Waals surface area contributed by atoms with Gasteiger partial charge >= 0.3 is 10.3 Å². The van der Waals surface area contributed by atoms with Gasteiger partial charge in [-0.1, -0.05) is 0 Å². The molecule has 0 aliphatic carbocycles. The van der Waals surface area contributed by atoms with E-state index in [-0.39, 0.29) is 18.0 Å². The molecule has 0 spiro atoms. The predicted molar refractivity (Wildman–Crippen MR) is 50.7 cm³/mol. The van der Waals surface area contributed by atoms with Crippen LogP contribution < -0.4 is 5.14 Å². The van der Waals surface area contributed by atoms with E-state index in [4.69, 9.17) is 0 Å². The van der Waals surface area contributed by atoms with Crippen LogP contribution in [0.3, 0.4) is 0 Å². The van der Waals surface area contributed by atoms with Crippen LogP contribution in [-0.4, -0.2) is 28.6 Å². The molecular formula is C6H13N5O3S. The van der Waals surface area contributed by atoms with Gasteiger partial charge in [-0.3, -0.25) is 0 Å². The second-order valence-corrected chi connectivity index (χ2v) is 5.14. The van der Waals surface area contributed by atoms with Crippen molar-refractivity contribution in [3.8, 4) is 0 Å². The molecule has 1 aromatic heterocycles. The molecule has 0 aromatic carbocycles. The Bertz CT molecular complexity index is 432. The number of nitrogens with zero attached hydrogens (tertiary/aromatic N) is 4. The maximum Gasteiger partial charge on any atom is 0.333 e. The van der Waals surface area contributed by atoms with Gasteiger partial charge in [0.05, 0.1) is 5.54 Å². The van der Waals surface area contributed by atoms with Gasteiger partial charge in [0, 0.05) is 0 Å². The van der Waals surface area contributed by atoms with E-state index in [1.807, 2.05) is 20.8 Å². The van der Waals surface area contributed by atoms with Crippen LogP contribution >= 0.6 is 0 Å². The first kappa shape index (κ1) is 12.0. The van der Waals surface area contributed by atoms with Crippen molar-refractivity contribution in [3.05, 3.63) is 5.82 Å². The first-order valence-corrected chi connectivity index (χ1v) is 5.62. The quantitative estimate of drug-likeness (QED) is 0.730. The minimum absolute atomic E-state index is 0.166. The van der Waals surface area contributed by atoms with Gasteiger partial charge in [0.1, 0.15) is 6.61 Å². The molecule has 0 saturated carbocycles. The lowest BCUT2D eigenvalue weighted by Gasteiger charge is -2.15. The van der Waals surface area contributed by atoms with Gasteiger partial charge in [0.15, 0.2) is 0 Å². The van der Waals surface area contributed by atoms with Crippen LogP contribution in [0.1, 0.15) is 26.6 Å². The summed E-state index contributed by atoms with van der Waals surface area (Å²) in [5.74, 6) is 0.166. The molecule has 0 atom stereocenters. The van der Waals surface area contributed by atoms with Crippen molar-refractivity contribution in [3.63, 3.8) is 0 Å². The highest BCUT2D eigenvalue weighted by molar-refractivity contribution is 7.84. The summed E-state index contributed by atoms with van der Waals surface area (Å²) in [6.07, 6.45) is 0. The molecule has 2 N–H and O–H groups in total. The van der Waals surface area contributed by atoms with Crippen molar-refractivity contribution in [2.24, 2.45) is 5.14 Å². The van der Waals surface area contributed by atoms with Crippen molar-refractivity contribution in [2.75, 3.05) is 0 Å². The average molecular weight is 235 g/mol. The molecule has 0 aliphatic rings. The fraction of sp³-hybridized carbons (Fsp3) is 0.833. The fourth-order valence-electron chi connectivity index (χ4n) is 0.720. The highest BCUT2D eigenvalue weighted by atomic mass is 32.2. The molecule has 0 aliphatic heterocycles. The molecule has 1 rings (SSSR count). The third-order valence-electron chi connectivity index (χ3n) is 1.41. The van der Waals surface area contributed by atoms with Gasteiger partial charge in [0.25, 0.3) is 0 Å². The smallest absolute Gasteiger partial charge is 0.250 e. The molecule has 0 bridgehead atoms. The molecule has 0 fully saturated rings. The minimum atomic E-state index is -3.97. The van der Waals surface area contributed by atoms with Crippen LogP contribution in [0.5, 0.6) is 0 Å². The molecule has 0 amide bonds. The zero-order valence-corrected chi connectivity index (χ0v) is 9.52. The molecule has 8 nitrogen and oxygen atoms in total. The number of hydrogen-bond acceptors (Lipinski definition) is 6. The van der Waals surface area contributed by atoms with E-state index in [0.29, 0.717) is 0 Å². The van der Waals surface area contributed by atoms with Crippen LogP contribution in [0.2, 0.25) is 0 Å². The summed E-state index contributed by atoms with van der Waals surface area (Å²) >= 11 is 0. The van der Waals surface area contributed by atoms with E-state index >= 15 is 0 Å². The molecule has 0 unspecified atom stereocenters. The molecule has 15 heavy (non-hydrogen) atoms. The zero-order chi connectivity index (χ0) is 11.7. The van der Waals surface area contributed by atoms with E-state index in [9.17, 15) is 8.42 Å². The van der Waals surface area contributed by atoms with Gasteiger partial charge < -0.3 is 0 Å².